The summed E-state index contributed by atoms with van der Waals surface area (Å²) >= 11 is 0. The Morgan fingerprint density at radius 1 is 1.20 bits per heavy atom. The molecule has 90 valence electrons. The second-order valence-corrected chi connectivity index (χ2v) is 5.95. The minimum absolute atomic E-state index is 0.430. The third kappa shape index (κ3) is 3.79. The summed E-state index contributed by atoms with van der Waals surface area (Å²) in [6.45, 7) is 7.04. The summed E-state index contributed by atoms with van der Waals surface area (Å²) in [6, 6.07) is 0.430. The highest BCUT2D eigenvalue weighted by atomic mass is 14.7. The Morgan fingerprint density at radius 3 is 2.33 bits per heavy atom. The van der Waals surface area contributed by atoms with Gasteiger partial charge in [-0.05, 0) is 30.6 Å². The van der Waals surface area contributed by atoms with Crippen LogP contribution in [-0.4, -0.2) is 6.04 Å². The molecule has 1 aliphatic rings. The minimum Gasteiger partial charge on any atom is -0.327 e. The van der Waals surface area contributed by atoms with E-state index in [1.54, 1.807) is 0 Å². The monoisotopic (exact) mass is 211 g/mol. The van der Waals surface area contributed by atoms with Crippen LogP contribution >= 0.6 is 0 Å². The van der Waals surface area contributed by atoms with Gasteiger partial charge < -0.3 is 5.73 Å². The van der Waals surface area contributed by atoms with Gasteiger partial charge in [0.1, 0.15) is 0 Å². The van der Waals surface area contributed by atoms with Crippen LogP contribution in [0.4, 0.5) is 0 Å². The molecule has 2 unspecified atom stereocenters. The van der Waals surface area contributed by atoms with Gasteiger partial charge in [-0.1, -0.05) is 52.9 Å². The predicted octanol–water partition coefficient (Wildman–Crippen LogP) is 4.11. The van der Waals surface area contributed by atoms with Crippen molar-refractivity contribution in [3.05, 3.63) is 0 Å². The van der Waals surface area contributed by atoms with Crippen molar-refractivity contribution >= 4 is 0 Å². The van der Waals surface area contributed by atoms with Gasteiger partial charge in [0.25, 0.3) is 0 Å². The lowest BCUT2D eigenvalue weighted by atomic mass is 9.68. The molecule has 15 heavy (non-hydrogen) atoms. The highest BCUT2D eigenvalue weighted by Gasteiger charge is 2.33. The largest absolute Gasteiger partial charge is 0.327 e. The highest BCUT2D eigenvalue weighted by molar-refractivity contribution is 4.88. The van der Waals surface area contributed by atoms with Gasteiger partial charge in [0, 0.05) is 6.04 Å². The van der Waals surface area contributed by atoms with Crippen molar-refractivity contribution < 1.29 is 0 Å². The summed E-state index contributed by atoms with van der Waals surface area (Å²) < 4.78 is 0. The Balaban J connectivity index is 2.39. The molecule has 1 rings (SSSR count). The van der Waals surface area contributed by atoms with Crippen molar-refractivity contribution in [2.75, 3.05) is 0 Å². The van der Waals surface area contributed by atoms with Crippen LogP contribution in [-0.2, 0) is 0 Å². The van der Waals surface area contributed by atoms with Crippen molar-refractivity contribution in [3.8, 4) is 0 Å². The molecule has 1 saturated carbocycles. The molecule has 0 aliphatic heterocycles. The van der Waals surface area contributed by atoms with Crippen molar-refractivity contribution in [3.63, 3.8) is 0 Å². The molecule has 2 atom stereocenters. The molecule has 1 nitrogen and oxygen atoms in total. The van der Waals surface area contributed by atoms with Crippen LogP contribution in [0.5, 0.6) is 0 Å². The van der Waals surface area contributed by atoms with Crippen LogP contribution < -0.4 is 5.73 Å². The van der Waals surface area contributed by atoms with E-state index in [-0.39, 0.29) is 0 Å². The number of hydrogen-bond donors (Lipinski definition) is 1. The maximum absolute atomic E-state index is 6.41. The zero-order valence-corrected chi connectivity index (χ0v) is 10.9. The van der Waals surface area contributed by atoms with E-state index in [4.69, 9.17) is 5.73 Å². The third-order valence-electron chi connectivity index (χ3n) is 4.33. The van der Waals surface area contributed by atoms with Crippen LogP contribution in [0.1, 0.15) is 72.1 Å². The fourth-order valence-corrected chi connectivity index (χ4v) is 3.06. The van der Waals surface area contributed by atoms with Crippen LogP contribution in [0.25, 0.3) is 0 Å². The first-order valence-corrected chi connectivity index (χ1v) is 6.84. The molecule has 0 radical (unpaired) electrons. The number of nitrogens with two attached hydrogens (primary N) is 1. The van der Waals surface area contributed by atoms with Crippen molar-refractivity contribution in [1.82, 2.24) is 0 Å². The molecule has 0 aromatic rings. The van der Waals surface area contributed by atoms with E-state index in [1.165, 1.54) is 51.4 Å². The molecular weight excluding hydrogens is 182 g/mol. The second-order valence-electron chi connectivity index (χ2n) is 5.95. The molecule has 0 aromatic heterocycles. The average Bonchev–Trinajstić information content (AvgIpc) is 2.19. The number of rotatable bonds is 5. The van der Waals surface area contributed by atoms with Gasteiger partial charge in [-0.3, -0.25) is 0 Å². The van der Waals surface area contributed by atoms with Gasteiger partial charge in [0.15, 0.2) is 0 Å². The third-order valence-corrected chi connectivity index (χ3v) is 4.33. The molecule has 2 N–H and O–H groups in total. The molecule has 0 spiro atoms. The molecule has 1 aliphatic carbocycles. The summed E-state index contributed by atoms with van der Waals surface area (Å²) in [7, 11) is 0. The van der Waals surface area contributed by atoms with E-state index in [1.807, 2.05) is 0 Å². The average molecular weight is 211 g/mol. The van der Waals surface area contributed by atoms with Crippen LogP contribution in [0.3, 0.4) is 0 Å². The SMILES string of the molecule is CCCC(C)CC(N)C1(C)CCCCC1. The summed E-state index contributed by atoms with van der Waals surface area (Å²) in [4.78, 5) is 0. The zero-order valence-electron chi connectivity index (χ0n) is 10.9. The first-order chi connectivity index (χ1) is 7.08. The molecule has 0 aromatic carbocycles. The van der Waals surface area contributed by atoms with E-state index < -0.39 is 0 Å². The highest BCUT2D eigenvalue weighted by Crippen LogP contribution is 2.40. The van der Waals surface area contributed by atoms with E-state index in [2.05, 4.69) is 20.8 Å². The topological polar surface area (TPSA) is 26.0 Å². The Morgan fingerprint density at radius 2 is 1.80 bits per heavy atom. The summed E-state index contributed by atoms with van der Waals surface area (Å²) in [6.07, 6.45) is 10.8. The standard InChI is InChI=1S/C14H29N/c1-4-8-12(2)11-13(15)14(3)9-6-5-7-10-14/h12-13H,4-11,15H2,1-3H3. The molecule has 1 fully saturated rings. The van der Waals surface area contributed by atoms with Gasteiger partial charge >= 0.3 is 0 Å². The van der Waals surface area contributed by atoms with Gasteiger partial charge in [-0.25, -0.2) is 0 Å². The fraction of sp³-hybridized carbons (Fsp3) is 1.00. The second kappa shape index (κ2) is 5.89. The lowest BCUT2D eigenvalue weighted by molar-refractivity contribution is 0.150. The molecular formula is C14H29N. The van der Waals surface area contributed by atoms with Crippen molar-refractivity contribution in [2.24, 2.45) is 17.1 Å². The predicted molar refractivity (Wildman–Crippen MR) is 67.9 cm³/mol. The Hall–Kier alpha value is -0.0400. The smallest absolute Gasteiger partial charge is 0.00954 e. The van der Waals surface area contributed by atoms with E-state index >= 15 is 0 Å². The van der Waals surface area contributed by atoms with Crippen molar-refractivity contribution in [2.45, 2.75) is 78.2 Å². The summed E-state index contributed by atoms with van der Waals surface area (Å²) in [5.41, 5.74) is 6.86. The minimum atomic E-state index is 0.430. The lowest BCUT2D eigenvalue weighted by Crippen LogP contribution is -2.42. The molecule has 0 heterocycles. The van der Waals surface area contributed by atoms with Gasteiger partial charge in [-0.2, -0.15) is 0 Å². The first kappa shape index (κ1) is 13.0. The van der Waals surface area contributed by atoms with Gasteiger partial charge in [0.2, 0.25) is 0 Å². The molecule has 0 saturated heterocycles. The van der Waals surface area contributed by atoms with E-state index in [0.29, 0.717) is 11.5 Å². The van der Waals surface area contributed by atoms with Crippen LogP contribution in [0, 0.1) is 11.3 Å². The summed E-state index contributed by atoms with van der Waals surface area (Å²) in [5.74, 6) is 0.809. The van der Waals surface area contributed by atoms with E-state index in [9.17, 15) is 0 Å². The van der Waals surface area contributed by atoms with Gasteiger partial charge in [-0.15, -0.1) is 0 Å². The van der Waals surface area contributed by atoms with E-state index in [0.717, 1.165) is 5.92 Å². The quantitative estimate of drug-likeness (QED) is 0.727. The Labute approximate surface area is 95.8 Å². The maximum Gasteiger partial charge on any atom is 0.00954 e. The molecule has 1 heteroatoms. The normalized spacial score (nSPS) is 24.8. The van der Waals surface area contributed by atoms with Crippen LogP contribution in [0.15, 0.2) is 0 Å². The molecule has 0 amide bonds. The maximum atomic E-state index is 6.41. The molecule has 0 bridgehead atoms. The summed E-state index contributed by atoms with van der Waals surface area (Å²) in [5, 5.41) is 0. The zero-order chi connectivity index (χ0) is 11.3. The number of hydrogen-bond acceptors (Lipinski definition) is 1. The Bertz CT molecular complexity index is 170. The van der Waals surface area contributed by atoms with Gasteiger partial charge in [0.05, 0.1) is 0 Å². The lowest BCUT2D eigenvalue weighted by Gasteiger charge is -2.40. The Kier molecular flexibility index (Phi) is 5.11. The van der Waals surface area contributed by atoms with Crippen molar-refractivity contribution in [1.29, 1.82) is 0 Å². The van der Waals surface area contributed by atoms with Crippen LogP contribution in [0.2, 0.25) is 0 Å². The fourth-order valence-electron chi connectivity index (χ4n) is 3.06. The first-order valence-electron chi connectivity index (χ1n) is 6.84.